The van der Waals surface area contributed by atoms with Gasteiger partial charge in [-0.05, 0) is 45.1 Å². The van der Waals surface area contributed by atoms with Gasteiger partial charge in [-0.1, -0.05) is 6.42 Å². The molecule has 0 bridgehead atoms. The zero-order valence-electron chi connectivity index (χ0n) is 11.1. The summed E-state index contributed by atoms with van der Waals surface area (Å²) in [6.07, 6.45) is 5.47. The van der Waals surface area contributed by atoms with E-state index in [2.05, 4.69) is 17.6 Å². The number of rotatable bonds is 3. The summed E-state index contributed by atoms with van der Waals surface area (Å²) in [6, 6.07) is 0.307. The molecule has 106 valence electrons. The van der Waals surface area contributed by atoms with Gasteiger partial charge in [0.05, 0.1) is 6.04 Å². The van der Waals surface area contributed by atoms with Gasteiger partial charge in [0.15, 0.2) is 0 Å². The van der Waals surface area contributed by atoms with Crippen LogP contribution in [-0.2, 0) is 9.53 Å². The van der Waals surface area contributed by atoms with Crippen LogP contribution in [0.5, 0.6) is 0 Å². The number of amides is 1. The lowest BCUT2D eigenvalue weighted by Gasteiger charge is -2.30. The number of hydrogen-bond acceptors (Lipinski definition) is 3. The Labute approximate surface area is 116 Å². The first-order valence-electron chi connectivity index (χ1n) is 6.89. The van der Waals surface area contributed by atoms with Crippen LogP contribution in [0.25, 0.3) is 0 Å². The van der Waals surface area contributed by atoms with E-state index in [9.17, 15) is 4.79 Å². The number of halogens is 1. The lowest BCUT2D eigenvalue weighted by Crippen LogP contribution is -2.51. The minimum Gasteiger partial charge on any atom is -0.381 e. The number of ether oxygens (including phenoxy) is 1. The molecule has 0 aromatic rings. The van der Waals surface area contributed by atoms with Crippen LogP contribution in [0.2, 0.25) is 0 Å². The fourth-order valence-electron chi connectivity index (χ4n) is 2.73. The molecule has 0 spiro atoms. The topological polar surface area (TPSA) is 50.4 Å². The highest BCUT2D eigenvalue weighted by Crippen LogP contribution is 2.19. The van der Waals surface area contributed by atoms with Gasteiger partial charge in [0.2, 0.25) is 5.91 Å². The van der Waals surface area contributed by atoms with Crippen LogP contribution in [0.1, 0.15) is 39.0 Å². The molecule has 0 aromatic carbocycles. The third-order valence-electron chi connectivity index (χ3n) is 3.97. The van der Waals surface area contributed by atoms with Crippen LogP contribution in [0.15, 0.2) is 0 Å². The Morgan fingerprint density at radius 1 is 1.28 bits per heavy atom. The molecule has 1 amide bonds. The molecule has 0 radical (unpaired) electrons. The first-order chi connectivity index (χ1) is 8.27. The molecule has 0 aliphatic carbocycles. The molecular weight excluding hydrogens is 252 g/mol. The summed E-state index contributed by atoms with van der Waals surface area (Å²) in [7, 11) is 0. The van der Waals surface area contributed by atoms with E-state index in [0.717, 1.165) is 45.4 Å². The van der Waals surface area contributed by atoms with Crippen molar-refractivity contribution in [3.63, 3.8) is 0 Å². The Bertz CT molecular complexity index is 251. The monoisotopic (exact) mass is 276 g/mol. The largest absolute Gasteiger partial charge is 0.381 e. The van der Waals surface area contributed by atoms with Crippen LogP contribution in [0.3, 0.4) is 0 Å². The van der Waals surface area contributed by atoms with E-state index in [1.54, 1.807) is 0 Å². The summed E-state index contributed by atoms with van der Waals surface area (Å²) >= 11 is 0. The predicted octanol–water partition coefficient (Wildman–Crippen LogP) is 1.48. The molecule has 18 heavy (non-hydrogen) atoms. The van der Waals surface area contributed by atoms with Gasteiger partial charge >= 0.3 is 0 Å². The van der Waals surface area contributed by atoms with Crippen LogP contribution in [0, 0.1) is 5.92 Å². The fraction of sp³-hybridized carbons (Fsp3) is 0.923. The fourth-order valence-corrected chi connectivity index (χ4v) is 2.73. The maximum absolute atomic E-state index is 12.0. The molecule has 5 heteroatoms. The van der Waals surface area contributed by atoms with E-state index < -0.39 is 0 Å². The Kier molecular flexibility index (Phi) is 6.97. The molecule has 2 atom stereocenters. The maximum Gasteiger partial charge on any atom is 0.237 e. The highest BCUT2D eigenvalue weighted by Gasteiger charge is 2.25. The second-order valence-corrected chi connectivity index (χ2v) is 5.25. The molecule has 4 nitrogen and oxygen atoms in total. The molecule has 2 fully saturated rings. The Morgan fingerprint density at radius 2 is 2.00 bits per heavy atom. The zero-order valence-corrected chi connectivity index (χ0v) is 11.9. The van der Waals surface area contributed by atoms with Gasteiger partial charge in [-0.2, -0.15) is 0 Å². The number of carbonyl (C=O) groups excluding carboxylic acids is 1. The lowest BCUT2D eigenvalue weighted by molar-refractivity contribution is -0.124. The lowest BCUT2D eigenvalue weighted by atomic mass is 9.92. The Morgan fingerprint density at radius 3 is 2.61 bits per heavy atom. The quantitative estimate of drug-likeness (QED) is 0.821. The van der Waals surface area contributed by atoms with Crippen molar-refractivity contribution in [1.82, 2.24) is 10.6 Å². The van der Waals surface area contributed by atoms with Crippen LogP contribution in [0.4, 0.5) is 0 Å². The Balaban J connectivity index is 0.00000162. The van der Waals surface area contributed by atoms with Crippen LogP contribution < -0.4 is 10.6 Å². The van der Waals surface area contributed by atoms with E-state index in [4.69, 9.17) is 4.74 Å². The SMILES string of the molecule is CC(NC(=O)[C@H]1CCCCN1)C1CCOCC1.Cl. The first kappa shape index (κ1) is 15.7. The summed E-state index contributed by atoms with van der Waals surface area (Å²) in [4.78, 5) is 12.0. The average Bonchev–Trinajstić information content (AvgIpc) is 2.40. The molecule has 0 aromatic heterocycles. The number of piperidine rings is 1. The van der Waals surface area contributed by atoms with Crippen molar-refractivity contribution in [3.05, 3.63) is 0 Å². The van der Waals surface area contributed by atoms with E-state index >= 15 is 0 Å². The highest BCUT2D eigenvalue weighted by atomic mass is 35.5. The molecule has 2 saturated heterocycles. The van der Waals surface area contributed by atoms with Gasteiger partial charge in [-0.25, -0.2) is 0 Å². The highest BCUT2D eigenvalue weighted by molar-refractivity contribution is 5.85. The summed E-state index contributed by atoms with van der Waals surface area (Å²) < 4.78 is 5.35. The third-order valence-corrected chi connectivity index (χ3v) is 3.97. The summed E-state index contributed by atoms with van der Waals surface area (Å²) in [6.45, 7) is 4.78. The van der Waals surface area contributed by atoms with Crippen molar-refractivity contribution in [1.29, 1.82) is 0 Å². The molecular formula is C13H25ClN2O2. The van der Waals surface area contributed by atoms with Crippen LogP contribution >= 0.6 is 12.4 Å². The molecule has 0 saturated carbocycles. The normalized spacial score (nSPS) is 27.1. The van der Waals surface area contributed by atoms with Gasteiger partial charge in [-0.3, -0.25) is 4.79 Å². The smallest absolute Gasteiger partial charge is 0.237 e. The van der Waals surface area contributed by atoms with Gasteiger partial charge in [0.25, 0.3) is 0 Å². The van der Waals surface area contributed by atoms with Crippen molar-refractivity contribution in [2.75, 3.05) is 19.8 Å². The second kappa shape index (κ2) is 7.97. The predicted molar refractivity (Wildman–Crippen MR) is 74.0 cm³/mol. The van der Waals surface area contributed by atoms with E-state index in [1.807, 2.05) is 0 Å². The molecule has 2 N–H and O–H groups in total. The molecule has 1 unspecified atom stereocenters. The third kappa shape index (κ3) is 4.41. The minimum absolute atomic E-state index is 0. The van der Waals surface area contributed by atoms with Crippen molar-refractivity contribution >= 4 is 18.3 Å². The molecule has 2 aliphatic heterocycles. The molecule has 2 heterocycles. The second-order valence-electron chi connectivity index (χ2n) is 5.25. The van der Waals surface area contributed by atoms with Gasteiger partial charge in [-0.15, -0.1) is 12.4 Å². The minimum atomic E-state index is 0. The van der Waals surface area contributed by atoms with Crippen molar-refractivity contribution < 1.29 is 9.53 Å². The number of carbonyl (C=O) groups is 1. The summed E-state index contributed by atoms with van der Waals surface area (Å²) in [5, 5.41) is 6.45. The van der Waals surface area contributed by atoms with Crippen molar-refractivity contribution in [3.8, 4) is 0 Å². The number of nitrogens with one attached hydrogen (secondary N) is 2. The van der Waals surface area contributed by atoms with Gasteiger partial charge < -0.3 is 15.4 Å². The summed E-state index contributed by atoms with van der Waals surface area (Å²) in [5.74, 6) is 0.764. The maximum atomic E-state index is 12.0. The molecule has 2 aliphatic rings. The summed E-state index contributed by atoms with van der Waals surface area (Å²) in [5.41, 5.74) is 0. The number of hydrogen-bond donors (Lipinski definition) is 2. The standard InChI is InChI=1S/C13H24N2O2.ClH/c1-10(11-5-8-17-9-6-11)15-13(16)12-4-2-3-7-14-12;/h10-12,14H,2-9H2,1H3,(H,15,16);1H/t10?,12-;/m1./s1. The van der Waals surface area contributed by atoms with E-state index in [0.29, 0.717) is 5.92 Å². The van der Waals surface area contributed by atoms with Crippen molar-refractivity contribution in [2.24, 2.45) is 5.92 Å². The Hall–Kier alpha value is -0.320. The molecule has 2 rings (SSSR count). The van der Waals surface area contributed by atoms with Crippen molar-refractivity contribution in [2.45, 2.75) is 51.1 Å². The average molecular weight is 277 g/mol. The van der Waals surface area contributed by atoms with Crippen LogP contribution in [-0.4, -0.2) is 37.7 Å². The first-order valence-corrected chi connectivity index (χ1v) is 6.89. The van der Waals surface area contributed by atoms with Gasteiger partial charge in [0.1, 0.15) is 0 Å². The van der Waals surface area contributed by atoms with E-state index in [1.165, 1.54) is 6.42 Å². The zero-order chi connectivity index (χ0) is 12.1. The van der Waals surface area contributed by atoms with Gasteiger partial charge in [0, 0.05) is 19.3 Å². The van der Waals surface area contributed by atoms with E-state index in [-0.39, 0.29) is 30.4 Å².